The molecule has 2 fully saturated rings. The number of hydrogen-bond acceptors (Lipinski definition) is 4. The molecule has 1 N–H and O–H groups in total. The highest BCUT2D eigenvalue weighted by Crippen LogP contribution is 2.49. The summed E-state index contributed by atoms with van der Waals surface area (Å²) in [5.74, 6) is -0.187. The number of amides is 1. The van der Waals surface area contributed by atoms with Crippen molar-refractivity contribution in [1.29, 1.82) is 0 Å². The maximum atomic E-state index is 12.9. The van der Waals surface area contributed by atoms with Gasteiger partial charge in [0.2, 0.25) is 0 Å². The predicted molar refractivity (Wildman–Crippen MR) is 84.0 cm³/mol. The maximum absolute atomic E-state index is 12.9. The zero-order chi connectivity index (χ0) is 17.1. The first-order valence-electron chi connectivity index (χ1n) is 8.62. The zero-order valence-electron chi connectivity index (χ0n) is 13.8. The summed E-state index contributed by atoms with van der Waals surface area (Å²) < 4.78 is 5.74. The van der Waals surface area contributed by atoms with Crippen LogP contribution in [0, 0.1) is 18.3 Å². The molecular weight excluding hydrogens is 310 g/mol. The molecule has 1 saturated carbocycles. The fourth-order valence-electron chi connectivity index (χ4n) is 4.79. The lowest BCUT2D eigenvalue weighted by atomic mass is 9.81. The normalized spacial score (nSPS) is 28.8. The minimum atomic E-state index is -0.800. The van der Waals surface area contributed by atoms with Crippen LogP contribution in [0.25, 0.3) is 0 Å². The van der Waals surface area contributed by atoms with Crippen molar-refractivity contribution in [2.24, 2.45) is 11.3 Å². The second-order valence-corrected chi connectivity index (χ2v) is 7.37. The number of Topliss-reactive ketones (excluding diaryl/α,β-unsaturated/α-hetero) is 1. The van der Waals surface area contributed by atoms with E-state index >= 15 is 0 Å². The third-order valence-corrected chi connectivity index (χ3v) is 6.08. The van der Waals surface area contributed by atoms with Crippen LogP contribution in [0.1, 0.15) is 64.3 Å². The summed E-state index contributed by atoms with van der Waals surface area (Å²) in [5, 5.41) is 9.66. The van der Waals surface area contributed by atoms with Gasteiger partial charge in [-0.15, -0.1) is 0 Å². The third kappa shape index (κ3) is 1.98. The topological polar surface area (TPSA) is 87.8 Å². The minimum absolute atomic E-state index is 0.0190. The fraction of sp³-hybridized carbons (Fsp3) is 0.611. The number of aliphatic carboxylic acids is 1. The zero-order valence-corrected chi connectivity index (χ0v) is 13.8. The van der Waals surface area contributed by atoms with Crippen LogP contribution in [-0.2, 0) is 11.2 Å². The van der Waals surface area contributed by atoms with Crippen LogP contribution in [-0.4, -0.2) is 40.8 Å². The van der Waals surface area contributed by atoms with Crippen LogP contribution in [0.4, 0.5) is 0 Å². The van der Waals surface area contributed by atoms with Crippen molar-refractivity contribution in [3.05, 3.63) is 22.6 Å². The van der Waals surface area contributed by atoms with Crippen molar-refractivity contribution >= 4 is 17.7 Å². The molecule has 0 radical (unpaired) electrons. The van der Waals surface area contributed by atoms with Gasteiger partial charge in [-0.05, 0) is 32.1 Å². The van der Waals surface area contributed by atoms with E-state index in [9.17, 15) is 19.5 Å². The second kappa shape index (κ2) is 5.19. The van der Waals surface area contributed by atoms with Gasteiger partial charge >= 0.3 is 5.97 Å². The molecule has 128 valence electrons. The Balaban J connectivity index is 1.64. The number of carbonyl (C=O) groups excluding carboxylic acids is 2. The Hall–Kier alpha value is -2.11. The number of likely N-dealkylation sites (tertiary alicyclic amines) is 1. The van der Waals surface area contributed by atoms with Gasteiger partial charge in [0.05, 0.1) is 11.0 Å². The van der Waals surface area contributed by atoms with Crippen LogP contribution in [0.5, 0.6) is 0 Å². The van der Waals surface area contributed by atoms with Crippen molar-refractivity contribution in [3.8, 4) is 0 Å². The quantitative estimate of drug-likeness (QED) is 0.899. The molecular formula is C18H21NO5. The van der Waals surface area contributed by atoms with Gasteiger partial charge < -0.3 is 14.4 Å². The van der Waals surface area contributed by atoms with Crippen LogP contribution in [0.2, 0.25) is 0 Å². The monoisotopic (exact) mass is 331 g/mol. The molecule has 3 aliphatic rings. The summed E-state index contributed by atoms with van der Waals surface area (Å²) in [6.07, 6.45) is 4.30. The smallest absolute Gasteiger partial charge is 0.311 e. The Labute approximate surface area is 139 Å². The summed E-state index contributed by atoms with van der Waals surface area (Å²) in [6.45, 7) is 2.46. The van der Waals surface area contributed by atoms with Crippen molar-refractivity contribution < 1.29 is 23.9 Å². The lowest BCUT2D eigenvalue weighted by molar-refractivity contribution is -0.149. The Bertz CT molecular complexity index is 749. The van der Waals surface area contributed by atoms with Crippen LogP contribution in [0.15, 0.2) is 4.42 Å². The first kappa shape index (κ1) is 15.4. The number of fused-ring (bicyclic) bond motifs is 2. The van der Waals surface area contributed by atoms with Gasteiger partial charge in [0.1, 0.15) is 5.76 Å². The molecule has 1 amide bonds. The van der Waals surface area contributed by atoms with Gasteiger partial charge in [-0.25, -0.2) is 0 Å². The number of hydrogen-bond donors (Lipinski definition) is 1. The molecule has 1 aromatic rings. The van der Waals surface area contributed by atoms with E-state index in [0.717, 1.165) is 19.3 Å². The number of rotatable bonds is 2. The number of carboxylic acids is 1. The summed E-state index contributed by atoms with van der Waals surface area (Å²) in [5.41, 5.74) is 0.379. The largest absolute Gasteiger partial charge is 0.481 e. The summed E-state index contributed by atoms with van der Waals surface area (Å²) in [4.78, 5) is 38.4. The molecule has 2 aliphatic carbocycles. The molecule has 0 spiro atoms. The molecule has 1 saturated heterocycles. The van der Waals surface area contributed by atoms with Gasteiger partial charge in [-0.3, -0.25) is 14.4 Å². The molecule has 0 aromatic carbocycles. The number of aryl methyl sites for hydroxylation is 1. The third-order valence-electron chi connectivity index (χ3n) is 6.08. The van der Waals surface area contributed by atoms with Gasteiger partial charge in [-0.2, -0.15) is 0 Å². The van der Waals surface area contributed by atoms with E-state index in [4.69, 9.17) is 4.42 Å². The average Bonchev–Trinajstić information content (AvgIpc) is 3.18. The number of carbonyl (C=O) groups is 3. The highest BCUT2D eigenvalue weighted by molar-refractivity contribution is 6.03. The minimum Gasteiger partial charge on any atom is -0.481 e. The molecule has 2 heterocycles. The molecule has 1 aliphatic heterocycles. The van der Waals surface area contributed by atoms with Crippen molar-refractivity contribution in [2.45, 2.75) is 45.4 Å². The molecule has 2 atom stereocenters. The Kier molecular flexibility index (Phi) is 3.34. The van der Waals surface area contributed by atoms with E-state index in [1.54, 1.807) is 11.8 Å². The average molecular weight is 331 g/mol. The molecule has 0 unspecified atom stereocenters. The van der Waals surface area contributed by atoms with Crippen LogP contribution in [0.3, 0.4) is 0 Å². The molecule has 4 rings (SSSR count). The summed E-state index contributed by atoms with van der Waals surface area (Å²) in [6, 6.07) is 0. The van der Waals surface area contributed by atoms with E-state index in [-0.39, 0.29) is 29.9 Å². The molecule has 6 nitrogen and oxygen atoms in total. The van der Waals surface area contributed by atoms with Crippen molar-refractivity contribution in [2.75, 3.05) is 13.1 Å². The van der Waals surface area contributed by atoms with E-state index in [2.05, 4.69) is 0 Å². The van der Waals surface area contributed by atoms with E-state index in [1.165, 1.54) is 0 Å². The lowest BCUT2D eigenvalue weighted by Crippen LogP contribution is -2.37. The summed E-state index contributed by atoms with van der Waals surface area (Å²) in [7, 11) is 0. The molecule has 24 heavy (non-hydrogen) atoms. The van der Waals surface area contributed by atoms with Gasteiger partial charge in [0, 0.05) is 31.5 Å². The predicted octanol–water partition coefficient (Wildman–Crippen LogP) is 2.43. The Morgan fingerprint density at radius 2 is 2.08 bits per heavy atom. The number of nitrogens with zero attached hydrogens (tertiary/aromatic N) is 1. The standard InChI is InChI=1S/C18H21NO5/c1-10-14-12(20)5-2-6-13(14)24-15(10)16(21)19-8-11-4-3-7-18(11,9-19)17(22)23/h11H,2-9H2,1H3,(H,22,23)/t11-,18+/m0/s1. The highest BCUT2D eigenvalue weighted by atomic mass is 16.4. The molecule has 0 bridgehead atoms. The van der Waals surface area contributed by atoms with E-state index < -0.39 is 11.4 Å². The SMILES string of the molecule is Cc1c(C(=O)N2C[C@@H]3CCC[C@@]3(C(=O)O)C2)oc2c1C(=O)CCC2. The number of carboxylic acid groups (broad SMARTS) is 1. The molecule has 6 heteroatoms. The van der Waals surface area contributed by atoms with Gasteiger partial charge in [0.25, 0.3) is 5.91 Å². The lowest BCUT2D eigenvalue weighted by Gasteiger charge is -2.23. The second-order valence-electron chi connectivity index (χ2n) is 7.37. The first-order chi connectivity index (χ1) is 11.4. The highest BCUT2D eigenvalue weighted by Gasteiger charge is 2.56. The van der Waals surface area contributed by atoms with E-state index in [1.807, 2.05) is 0 Å². The number of furan rings is 1. The Morgan fingerprint density at radius 1 is 1.29 bits per heavy atom. The fourth-order valence-corrected chi connectivity index (χ4v) is 4.79. The van der Waals surface area contributed by atoms with Crippen molar-refractivity contribution in [1.82, 2.24) is 4.90 Å². The van der Waals surface area contributed by atoms with Crippen LogP contribution >= 0.6 is 0 Å². The Morgan fingerprint density at radius 3 is 2.75 bits per heavy atom. The maximum Gasteiger partial charge on any atom is 0.311 e. The molecule has 1 aromatic heterocycles. The van der Waals surface area contributed by atoms with Crippen molar-refractivity contribution in [3.63, 3.8) is 0 Å². The van der Waals surface area contributed by atoms with E-state index in [0.29, 0.717) is 42.7 Å². The van der Waals surface area contributed by atoms with Crippen LogP contribution < -0.4 is 0 Å². The van der Waals surface area contributed by atoms with Gasteiger partial charge in [0.15, 0.2) is 11.5 Å². The number of ketones is 1. The first-order valence-corrected chi connectivity index (χ1v) is 8.62. The van der Waals surface area contributed by atoms with Gasteiger partial charge in [-0.1, -0.05) is 6.42 Å². The summed E-state index contributed by atoms with van der Waals surface area (Å²) >= 11 is 0.